The van der Waals surface area contributed by atoms with Crippen molar-refractivity contribution >= 4 is 61.3 Å². The Kier molecular flexibility index (Phi) is 18.3. The molecule has 3 heterocycles. The summed E-state index contributed by atoms with van der Waals surface area (Å²) in [7, 11) is -1.18. The van der Waals surface area contributed by atoms with Crippen LogP contribution in [-0.4, -0.2) is 36.9 Å². The van der Waals surface area contributed by atoms with Crippen molar-refractivity contribution in [2.45, 2.75) is 24.0 Å². The van der Waals surface area contributed by atoms with Gasteiger partial charge in [-0.3, -0.25) is 4.21 Å². The first-order valence-corrected chi connectivity index (χ1v) is 16.1. The summed E-state index contributed by atoms with van der Waals surface area (Å²) in [5.41, 5.74) is 30.2. The summed E-state index contributed by atoms with van der Waals surface area (Å²) in [6, 6.07) is 8.56. The molecule has 0 aliphatic heterocycles. The van der Waals surface area contributed by atoms with E-state index in [4.69, 9.17) is 15.5 Å². The molecule has 0 saturated heterocycles. The summed E-state index contributed by atoms with van der Waals surface area (Å²) in [4.78, 5) is 30.1. The fraction of sp³-hybridized carbons (Fsp3) is 0.111. The number of fused-ring (bicyclic) bond motifs is 1. The number of carbonyl (C=O) groups excluding carboxylic acids is 1. The molecule has 0 fully saturated rings. The number of aromatic nitrogens is 2. The molecule has 0 aliphatic rings. The number of anilines is 1. The number of pyridine rings is 1. The lowest BCUT2D eigenvalue weighted by molar-refractivity contribution is 0.0697. The second-order valence-corrected chi connectivity index (χ2v) is 11.8. The SMILES string of the molecule is C=C=C=C=C.C=C=C=C=C=C.C=C=C=C=O.CCCCS(=O)c1sc2nc(-c3nccs3)cc(-c3ccc(C(=O)O)cc3)c2c1N. The van der Waals surface area contributed by atoms with Crippen LogP contribution in [0.25, 0.3) is 32.0 Å². The zero-order valence-corrected chi connectivity index (χ0v) is 27.5. The maximum absolute atomic E-state index is 12.8. The van der Waals surface area contributed by atoms with Crippen LogP contribution in [0.4, 0.5) is 5.69 Å². The Bertz CT molecular complexity index is 1980. The minimum absolute atomic E-state index is 0.212. The van der Waals surface area contributed by atoms with Crippen molar-refractivity contribution in [2.75, 3.05) is 11.5 Å². The Morgan fingerprint density at radius 1 is 0.978 bits per heavy atom. The molecule has 1 aromatic carbocycles. The number of carboxylic acid groups (broad SMARTS) is 1. The molecule has 0 bridgehead atoms. The smallest absolute Gasteiger partial charge is 0.335 e. The van der Waals surface area contributed by atoms with E-state index in [-0.39, 0.29) is 5.56 Å². The molecule has 0 aliphatic carbocycles. The fourth-order valence-electron chi connectivity index (χ4n) is 3.30. The molecule has 0 radical (unpaired) electrons. The topological polar surface area (TPSA) is 123 Å². The summed E-state index contributed by atoms with van der Waals surface area (Å²) >= 11 is 2.84. The van der Waals surface area contributed by atoms with E-state index in [1.54, 1.807) is 30.5 Å². The predicted molar refractivity (Wildman–Crippen MR) is 189 cm³/mol. The number of benzene rings is 1. The molecule has 4 aromatic rings. The number of thiophene rings is 1. The lowest BCUT2D eigenvalue weighted by atomic mass is 10.0. The van der Waals surface area contributed by atoms with Gasteiger partial charge in [-0.2, -0.15) is 0 Å². The standard InChI is InChI=1S/C21H19N3O3S3.C6H4.C5H4.C4H2O/c1-2-3-10-30(27)21-17(22)16-14(12-4-6-13(7-5-12)20(25)26)11-15(24-19(16)29-21)18-23-8-9-28-18;1-3-5-6-4-2;1-3-5-4-2;1-2-3-4-5/h4-9,11H,2-3,10,22H2,1H3,(H,25,26);1-2H2;1-2H2;1H2. The summed E-state index contributed by atoms with van der Waals surface area (Å²) < 4.78 is 13.5. The Hall–Kier alpha value is -5.67. The van der Waals surface area contributed by atoms with Crippen molar-refractivity contribution in [3.8, 4) is 21.8 Å². The monoisotopic (exact) mass is 663 g/mol. The summed E-state index contributed by atoms with van der Waals surface area (Å²) in [5.74, 6) is 0.931. The van der Waals surface area contributed by atoms with Gasteiger partial charge in [0.05, 0.1) is 22.1 Å². The van der Waals surface area contributed by atoms with E-state index in [0.717, 1.165) is 34.4 Å². The van der Waals surface area contributed by atoms with Crippen LogP contribution >= 0.6 is 22.7 Å². The number of thiazole rings is 1. The van der Waals surface area contributed by atoms with Crippen LogP contribution in [0.2, 0.25) is 0 Å². The first kappa shape index (κ1) is 38.4. The van der Waals surface area contributed by atoms with Gasteiger partial charge < -0.3 is 10.8 Å². The highest BCUT2D eigenvalue weighted by Gasteiger charge is 2.21. The Morgan fingerprint density at radius 3 is 2.02 bits per heavy atom. The van der Waals surface area contributed by atoms with Crippen LogP contribution < -0.4 is 5.73 Å². The highest BCUT2D eigenvalue weighted by Crippen LogP contribution is 2.43. The average Bonchev–Trinajstić information content (AvgIpc) is 3.72. The number of nitrogens with two attached hydrogens (primary N) is 1. The molecule has 46 heavy (non-hydrogen) atoms. The van der Waals surface area contributed by atoms with Crippen molar-refractivity contribution in [1.29, 1.82) is 0 Å². The Labute approximate surface area is 278 Å². The molecule has 1 unspecified atom stereocenters. The highest BCUT2D eigenvalue weighted by molar-refractivity contribution is 7.87. The Morgan fingerprint density at radius 2 is 1.59 bits per heavy atom. The first-order chi connectivity index (χ1) is 22.2. The Balaban J connectivity index is 0.000000548. The quantitative estimate of drug-likeness (QED) is 0.151. The number of unbranched alkanes of at least 4 members (excludes halogenated alkanes) is 1. The number of nitrogen functional groups attached to an aromatic ring is 1. The van der Waals surface area contributed by atoms with E-state index < -0.39 is 16.8 Å². The number of nitrogens with zero attached hydrogens (tertiary/aromatic N) is 2. The molecule has 0 amide bonds. The number of carboxylic acids is 1. The number of aromatic carboxylic acids is 1. The van der Waals surface area contributed by atoms with Crippen LogP contribution in [0.3, 0.4) is 0 Å². The third-order valence-electron chi connectivity index (χ3n) is 5.20. The maximum atomic E-state index is 12.8. The third kappa shape index (κ3) is 12.1. The molecule has 4 rings (SSSR count). The van der Waals surface area contributed by atoms with Crippen LogP contribution in [0.1, 0.15) is 30.1 Å². The molecule has 7 nitrogen and oxygen atoms in total. The van der Waals surface area contributed by atoms with Gasteiger partial charge in [-0.1, -0.05) is 54.1 Å². The molecule has 3 N–H and O–H groups in total. The van der Waals surface area contributed by atoms with Crippen molar-refractivity contribution in [3.63, 3.8) is 0 Å². The van der Waals surface area contributed by atoms with Gasteiger partial charge >= 0.3 is 5.97 Å². The van der Waals surface area contributed by atoms with Gasteiger partial charge in [0.15, 0.2) is 5.94 Å². The van der Waals surface area contributed by atoms with Gasteiger partial charge in [-0.05, 0) is 85.8 Å². The number of rotatable bonds is 7. The second kappa shape index (κ2) is 21.9. The average molecular weight is 664 g/mol. The van der Waals surface area contributed by atoms with Crippen LogP contribution in [0.15, 0.2) is 131 Å². The van der Waals surface area contributed by atoms with Gasteiger partial charge in [0.2, 0.25) is 0 Å². The molecule has 230 valence electrons. The van der Waals surface area contributed by atoms with E-state index in [9.17, 15) is 14.1 Å². The normalized spacial score (nSPS) is 9.15. The zero-order chi connectivity index (χ0) is 34.3. The molecule has 1 atom stereocenters. The lowest BCUT2D eigenvalue weighted by Crippen LogP contribution is -1.99. The third-order valence-corrected chi connectivity index (χ3v) is 9.00. The van der Waals surface area contributed by atoms with Crippen molar-refractivity contribution in [3.05, 3.63) is 132 Å². The van der Waals surface area contributed by atoms with Gasteiger partial charge in [0.1, 0.15) is 19.7 Å². The van der Waals surface area contributed by atoms with Crippen molar-refractivity contribution in [2.24, 2.45) is 0 Å². The first-order valence-electron chi connectivity index (χ1n) is 13.1. The maximum Gasteiger partial charge on any atom is 0.335 e. The minimum Gasteiger partial charge on any atom is -0.478 e. The largest absolute Gasteiger partial charge is 0.478 e. The molecule has 3 aromatic heterocycles. The molecular weight excluding hydrogens is 635 g/mol. The zero-order valence-electron chi connectivity index (χ0n) is 25.1. The summed E-state index contributed by atoms with van der Waals surface area (Å²) in [6.07, 6.45) is 3.55. The molecule has 10 heteroatoms. The summed E-state index contributed by atoms with van der Waals surface area (Å²) in [6.45, 7) is 18.0. The van der Waals surface area contributed by atoms with Gasteiger partial charge in [0, 0.05) is 28.4 Å². The van der Waals surface area contributed by atoms with Crippen LogP contribution in [-0.2, 0) is 15.6 Å². The van der Waals surface area contributed by atoms with Gasteiger partial charge in [-0.25, -0.2) is 19.6 Å². The highest BCUT2D eigenvalue weighted by atomic mass is 32.2. The second-order valence-electron chi connectivity index (χ2n) is 8.15. The molecule has 0 saturated carbocycles. The van der Waals surface area contributed by atoms with Crippen molar-refractivity contribution < 1.29 is 18.9 Å². The van der Waals surface area contributed by atoms with E-state index >= 15 is 0 Å². The summed E-state index contributed by atoms with van der Waals surface area (Å²) in [5, 5.41) is 12.6. The predicted octanol–water partition coefficient (Wildman–Crippen LogP) is 8.28. The molecular formula is C36H29N3O4S3. The van der Waals surface area contributed by atoms with Gasteiger partial charge in [-0.15, -0.1) is 22.7 Å². The van der Waals surface area contributed by atoms with E-state index in [1.807, 2.05) is 17.2 Å². The van der Waals surface area contributed by atoms with E-state index in [0.29, 0.717) is 26.2 Å². The number of hydrogen-bond acceptors (Lipinski definition) is 8. The van der Waals surface area contributed by atoms with Gasteiger partial charge in [0.25, 0.3) is 0 Å². The molecule has 0 spiro atoms. The van der Waals surface area contributed by atoms with Crippen molar-refractivity contribution in [1.82, 2.24) is 9.97 Å². The minimum atomic E-state index is -1.18. The van der Waals surface area contributed by atoms with Crippen LogP contribution in [0.5, 0.6) is 0 Å². The number of hydrogen-bond donors (Lipinski definition) is 2. The van der Waals surface area contributed by atoms with Crippen LogP contribution in [0, 0.1) is 0 Å². The van der Waals surface area contributed by atoms with E-state index in [1.165, 1.54) is 28.6 Å². The fourth-order valence-corrected chi connectivity index (χ4v) is 6.70. The number of carbonyl (C=O) groups is 1. The van der Waals surface area contributed by atoms with E-state index in [2.05, 4.69) is 90.7 Å². The lowest BCUT2D eigenvalue weighted by Gasteiger charge is -2.08.